The number of hydrogen-bond donors (Lipinski definition) is 0. The second kappa shape index (κ2) is 9.20. The van der Waals surface area contributed by atoms with Crippen molar-refractivity contribution >= 4 is 6.09 Å². The summed E-state index contributed by atoms with van der Waals surface area (Å²) in [7, 11) is 0. The third-order valence-corrected chi connectivity index (χ3v) is 5.47. The highest BCUT2D eigenvalue weighted by atomic mass is 16.6. The Morgan fingerprint density at radius 3 is 2.36 bits per heavy atom. The first-order chi connectivity index (χ1) is 12.3. The van der Waals surface area contributed by atoms with Crippen LogP contribution >= 0.6 is 0 Å². The lowest BCUT2D eigenvalue weighted by Gasteiger charge is -2.42. The molecule has 25 heavy (non-hydrogen) atoms. The zero-order chi connectivity index (χ0) is 17.5. The maximum absolute atomic E-state index is 11.8. The molecule has 138 valence electrons. The van der Waals surface area contributed by atoms with E-state index in [0.717, 1.165) is 39.1 Å². The van der Waals surface area contributed by atoms with Crippen LogP contribution in [0.2, 0.25) is 0 Å². The van der Waals surface area contributed by atoms with Crippen molar-refractivity contribution < 1.29 is 9.53 Å². The van der Waals surface area contributed by atoms with Crippen molar-refractivity contribution in [2.45, 2.75) is 32.2 Å². The number of carbonyl (C=O) groups is 1. The van der Waals surface area contributed by atoms with Gasteiger partial charge in [0, 0.05) is 38.8 Å². The van der Waals surface area contributed by atoms with Gasteiger partial charge in [-0.15, -0.1) is 0 Å². The highest BCUT2D eigenvalue weighted by Gasteiger charge is 2.29. The van der Waals surface area contributed by atoms with Gasteiger partial charge in [0.05, 0.1) is 6.61 Å². The molecule has 5 heteroatoms. The maximum Gasteiger partial charge on any atom is 0.409 e. The summed E-state index contributed by atoms with van der Waals surface area (Å²) in [5.41, 5.74) is 1.43. The van der Waals surface area contributed by atoms with E-state index in [2.05, 4.69) is 40.1 Å². The first-order valence-electron chi connectivity index (χ1n) is 9.68. The van der Waals surface area contributed by atoms with Crippen LogP contribution in [0.4, 0.5) is 4.79 Å². The van der Waals surface area contributed by atoms with E-state index >= 15 is 0 Å². The predicted molar refractivity (Wildman–Crippen MR) is 99.8 cm³/mol. The SMILES string of the molecule is CCOC(=O)N1CCN(C2CCN(CCc3ccccc3)CC2)CC1. The van der Waals surface area contributed by atoms with Gasteiger partial charge in [-0.25, -0.2) is 4.79 Å². The van der Waals surface area contributed by atoms with Crippen molar-refractivity contribution in [3.63, 3.8) is 0 Å². The molecule has 0 unspecified atom stereocenters. The molecule has 0 bridgehead atoms. The molecule has 2 aliphatic heterocycles. The van der Waals surface area contributed by atoms with Gasteiger partial charge in [-0.05, 0) is 44.8 Å². The van der Waals surface area contributed by atoms with Crippen molar-refractivity contribution in [1.82, 2.24) is 14.7 Å². The van der Waals surface area contributed by atoms with Crippen LogP contribution in [-0.2, 0) is 11.2 Å². The monoisotopic (exact) mass is 345 g/mol. The highest BCUT2D eigenvalue weighted by molar-refractivity contribution is 5.67. The van der Waals surface area contributed by atoms with E-state index in [9.17, 15) is 4.79 Å². The van der Waals surface area contributed by atoms with Crippen LogP contribution in [-0.4, -0.2) is 79.3 Å². The molecule has 2 fully saturated rings. The average Bonchev–Trinajstić information content (AvgIpc) is 2.68. The molecule has 0 radical (unpaired) electrons. The Morgan fingerprint density at radius 2 is 1.72 bits per heavy atom. The molecule has 3 rings (SSSR count). The molecule has 2 aliphatic rings. The number of ether oxygens (including phenoxy) is 1. The van der Waals surface area contributed by atoms with E-state index in [1.54, 1.807) is 0 Å². The normalized spacial score (nSPS) is 20.6. The van der Waals surface area contributed by atoms with E-state index in [1.165, 1.54) is 31.5 Å². The summed E-state index contributed by atoms with van der Waals surface area (Å²) >= 11 is 0. The van der Waals surface area contributed by atoms with Gasteiger partial charge < -0.3 is 14.5 Å². The minimum absolute atomic E-state index is 0.155. The van der Waals surface area contributed by atoms with Crippen LogP contribution in [0.1, 0.15) is 25.3 Å². The quantitative estimate of drug-likeness (QED) is 0.821. The van der Waals surface area contributed by atoms with E-state index < -0.39 is 0 Å². The van der Waals surface area contributed by atoms with Gasteiger partial charge in [-0.2, -0.15) is 0 Å². The van der Waals surface area contributed by atoms with E-state index in [-0.39, 0.29) is 6.09 Å². The fraction of sp³-hybridized carbons (Fsp3) is 0.650. The van der Waals surface area contributed by atoms with Gasteiger partial charge in [0.15, 0.2) is 0 Å². The molecule has 0 aromatic heterocycles. The van der Waals surface area contributed by atoms with Crippen LogP contribution in [0.25, 0.3) is 0 Å². The predicted octanol–water partition coefficient (Wildman–Crippen LogP) is 2.47. The molecule has 2 saturated heterocycles. The van der Waals surface area contributed by atoms with E-state index in [0.29, 0.717) is 12.6 Å². The molecule has 0 atom stereocenters. The average molecular weight is 345 g/mol. The summed E-state index contributed by atoms with van der Waals surface area (Å²) in [4.78, 5) is 18.8. The molecule has 1 aromatic rings. The third kappa shape index (κ3) is 5.19. The third-order valence-electron chi connectivity index (χ3n) is 5.47. The number of carbonyl (C=O) groups excluding carboxylic acids is 1. The molecule has 0 saturated carbocycles. The Bertz CT molecular complexity index is 521. The van der Waals surface area contributed by atoms with Crippen LogP contribution < -0.4 is 0 Å². The lowest BCUT2D eigenvalue weighted by molar-refractivity contribution is 0.0476. The Morgan fingerprint density at radius 1 is 1.04 bits per heavy atom. The second-order valence-electron chi connectivity index (χ2n) is 7.03. The lowest BCUT2D eigenvalue weighted by Crippen LogP contribution is -2.54. The molecular weight excluding hydrogens is 314 g/mol. The number of amides is 1. The zero-order valence-electron chi connectivity index (χ0n) is 15.4. The largest absolute Gasteiger partial charge is 0.450 e. The standard InChI is InChI=1S/C20H31N3O2/c1-2-25-20(24)23-16-14-22(15-17-23)19-9-12-21(13-10-19)11-8-18-6-4-3-5-7-18/h3-7,19H,2,8-17H2,1H3. The lowest BCUT2D eigenvalue weighted by atomic mass is 10.0. The van der Waals surface area contributed by atoms with Gasteiger partial charge in [0.1, 0.15) is 0 Å². The Labute approximate surface area is 151 Å². The van der Waals surface area contributed by atoms with Gasteiger partial charge in [0.25, 0.3) is 0 Å². The van der Waals surface area contributed by atoms with Crippen LogP contribution in [0.3, 0.4) is 0 Å². The summed E-state index contributed by atoms with van der Waals surface area (Å²) in [5.74, 6) is 0. The molecular formula is C20H31N3O2. The molecule has 0 spiro atoms. The minimum Gasteiger partial charge on any atom is -0.450 e. The molecule has 2 heterocycles. The van der Waals surface area contributed by atoms with E-state index in [1.807, 2.05) is 11.8 Å². The molecule has 5 nitrogen and oxygen atoms in total. The topological polar surface area (TPSA) is 36.0 Å². The van der Waals surface area contributed by atoms with Gasteiger partial charge in [0.2, 0.25) is 0 Å². The minimum atomic E-state index is -0.155. The van der Waals surface area contributed by atoms with Gasteiger partial charge in [-0.1, -0.05) is 30.3 Å². The number of rotatable bonds is 5. The first-order valence-corrected chi connectivity index (χ1v) is 9.68. The number of piperidine rings is 1. The van der Waals surface area contributed by atoms with Crippen molar-refractivity contribution in [1.29, 1.82) is 0 Å². The number of benzene rings is 1. The summed E-state index contributed by atoms with van der Waals surface area (Å²) in [6.07, 6.45) is 3.48. The fourth-order valence-corrected chi connectivity index (χ4v) is 3.92. The number of hydrogen-bond acceptors (Lipinski definition) is 4. The van der Waals surface area contributed by atoms with Gasteiger partial charge in [-0.3, -0.25) is 4.90 Å². The number of piperazine rings is 1. The van der Waals surface area contributed by atoms with Crippen molar-refractivity contribution in [2.24, 2.45) is 0 Å². The molecule has 1 amide bonds. The number of nitrogens with zero attached hydrogens (tertiary/aromatic N) is 3. The summed E-state index contributed by atoms with van der Waals surface area (Å²) < 4.78 is 5.10. The molecule has 1 aromatic carbocycles. The zero-order valence-corrected chi connectivity index (χ0v) is 15.4. The van der Waals surface area contributed by atoms with Crippen molar-refractivity contribution in [2.75, 3.05) is 52.4 Å². The van der Waals surface area contributed by atoms with Crippen LogP contribution in [0, 0.1) is 0 Å². The van der Waals surface area contributed by atoms with Crippen LogP contribution in [0.15, 0.2) is 30.3 Å². The highest BCUT2D eigenvalue weighted by Crippen LogP contribution is 2.19. The number of likely N-dealkylation sites (tertiary alicyclic amines) is 1. The summed E-state index contributed by atoms with van der Waals surface area (Å²) in [6, 6.07) is 11.4. The summed E-state index contributed by atoms with van der Waals surface area (Å²) in [6.45, 7) is 9.42. The van der Waals surface area contributed by atoms with Crippen LogP contribution in [0.5, 0.6) is 0 Å². The second-order valence-corrected chi connectivity index (χ2v) is 7.03. The fourth-order valence-electron chi connectivity index (χ4n) is 3.92. The Kier molecular flexibility index (Phi) is 6.70. The smallest absolute Gasteiger partial charge is 0.409 e. The Balaban J connectivity index is 1.36. The maximum atomic E-state index is 11.8. The first kappa shape index (κ1) is 18.2. The van der Waals surface area contributed by atoms with Crippen molar-refractivity contribution in [3.8, 4) is 0 Å². The van der Waals surface area contributed by atoms with E-state index in [4.69, 9.17) is 4.74 Å². The molecule has 0 N–H and O–H groups in total. The molecule has 0 aliphatic carbocycles. The summed E-state index contributed by atoms with van der Waals surface area (Å²) in [5, 5.41) is 0. The Hall–Kier alpha value is -1.59. The van der Waals surface area contributed by atoms with Gasteiger partial charge >= 0.3 is 6.09 Å². The van der Waals surface area contributed by atoms with Crippen molar-refractivity contribution in [3.05, 3.63) is 35.9 Å².